The number of unbranched alkanes of at least 4 members (excludes halogenated alkanes) is 2. The summed E-state index contributed by atoms with van der Waals surface area (Å²) >= 11 is 3.48. The molecule has 1 aliphatic rings. The molecule has 2 heteroatoms. The summed E-state index contributed by atoms with van der Waals surface area (Å²) in [4.78, 5) is 2.65. The third-order valence-corrected chi connectivity index (χ3v) is 3.92. The van der Waals surface area contributed by atoms with E-state index in [0.29, 0.717) is 0 Å². The van der Waals surface area contributed by atoms with Crippen molar-refractivity contribution in [1.29, 1.82) is 0 Å². The van der Waals surface area contributed by atoms with Crippen LogP contribution in [0.3, 0.4) is 0 Å². The first-order chi connectivity index (χ1) is 6.74. The van der Waals surface area contributed by atoms with E-state index in [9.17, 15) is 0 Å². The molecule has 0 N–H and O–H groups in total. The Bertz CT molecular complexity index is 147. The Morgan fingerprint density at radius 1 is 1.29 bits per heavy atom. The van der Waals surface area contributed by atoms with E-state index in [1.165, 1.54) is 50.6 Å². The van der Waals surface area contributed by atoms with E-state index in [0.717, 1.165) is 11.8 Å². The standard InChI is InChI=1S/C12H24BrN/c1-11(2)12-6-9-14(10-12)8-5-3-4-7-13/h11-12H,3-10H2,1-2H3. The summed E-state index contributed by atoms with van der Waals surface area (Å²) in [5.41, 5.74) is 0. The quantitative estimate of drug-likeness (QED) is 0.523. The molecule has 0 bridgehead atoms. The number of hydrogen-bond acceptors (Lipinski definition) is 1. The van der Waals surface area contributed by atoms with Gasteiger partial charge in [0.15, 0.2) is 0 Å². The molecule has 0 saturated carbocycles. The molecule has 14 heavy (non-hydrogen) atoms. The van der Waals surface area contributed by atoms with Gasteiger partial charge in [0.2, 0.25) is 0 Å². The fraction of sp³-hybridized carbons (Fsp3) is 1.00. The molecular weight excluding hydrogens is 238 g/mol. The maximum atomic E-state index is 3.48. The molecule has 0 aromatic carbocycles. The zero-order valence-electron chi connectivity index (χ0n) is 9.64. The van der Waals surface area contributed by atoms with Crippen LogP contribution >= 0.6 is 15.9 Å². The number of likely N-dealkylation sites (tertiary alicyclic amines) is 1. The van der Waals surface area contributed by atoms with E-state index in [4.69, 9.17) is 0 Å². The molecule has 1 atom stereocenters. The van der Waals surface area contributed by atoms with Gasteiger partial charge in [-0.3, -0.25) is 0 Å². The lowest BCUT2D eigenvalue weighted by atomic mass is 9.95. The first kappa shape index (κ1) is 12.5. The highest BCUT2D eigenvalue weighted by Crippen LogP contribution is 2.23. The highest BCUT2D eigenvalue weighted by molar-refractivity contribution is 9.09. The first-order valence-corrected chi connectivity index (χ1v) is 7.14. The van der Waals surface area contributed by atoms with Crippen LogP contribution in [0.4, 0.5) is 0 Å². The second kappa shape index (κ2) is 6.84. The molecular formula is C12H24BrN. The van der Waals surface area contributed by atoms with Crippen molar-refractivity contribution in [2.45, 2.75) is 39.5 Å². The van der Waals surface area contributed by atoms with E-state index in [1.54, 1.807) is 0 Å². The monoisotopic (exact) mass is 261 g/mol. The van der Waals surface area contributed by atoms with E-state index in [2.05, 4.69) is 34.7 Å². The maximum Gasteiger partial charge on any atom is 0.00313 e. The van der Waals surface area contributed by atoms with Crippen LogP contribution in [0.2, 0.25) is 0 Å². The number of halogens is 1. The van der Waals surface area contributed by atoms with Gasteiger partial charge in [0.25, 0.3) is 0 Å². The maximum absolute atomic E-state index is 3.48. The Morgan fingerprint density at radius 2 is 2.07 bits per heavy atom. The molecule has 1 rings (SSSR count). The van der Waals surface area contributed by atoms with Crippen LogP contribution in [0, 0.1) is 11.8 Å². The van der Waals surface area contributed by atoms with Gasteiger partial charge in [-0.25, -0.2) is 0 Å². The van der Waals surface area contributed by atoms with E-state index >= 15 is 0 Å². The molecule has 1 unspecified atom stereocenters. The lowest BCUT2D eigenvalue weighted by Crippen LogP contribution is -2.23. The van der Waals surface area contributed by atoms with Crippen LogP contribution in [0.15, 0.2) is 0 Å². The summed E-state index contributed by atoms with van der Waals surface area (Å²) in [6.07, 6.45) is 5.53. The molecule has 0 aromatic heterocycles. The van der Waals surface area contributed by atoms with Crippen LogP contribution < -0.4 is 0 Å². The van der Waals surface area contributed by atoms with Crippen molar-refractivity contribution in [3.8, 4) is 0 Å². The van der Waals surface area contributed by atoms with Gasteiger partial charge >= 0.3 is 0 Å². The van der Waals surface area contributed by atoms with Gasteiger partial charge in [-0.15, -0.1) is 0 Å². The molecule has 0 aliphatic carbocycles. The van der Waals surface area contributed by atoms with Crippen molar-refractivity contribution >= 4 is 15.9 Å². The minimum atomic E-state index is 0.877. The van der Waals surface area contributed by atoms with Gasteiger partial charge in [-0.05, 0) is 44.2 Å². The summed E-state index contributed by atoms with van der Waals surface area (Å²) < 4.78 is 0. The summed E-state index contributed by atoms with van der Waals surface area (Å²) in [5, 5.41) is 1.17. The molecule has 1 saturated heterocycles. The van der Waals surface area contributed by atoms with Crippen LogP contribution in [0.25, 0.3) is 0 Å². The van der Waals surface area contributed by atoms with E-state index in [-0.39, 0.29) is 0 Å². The number of nitrogens with zero attached hydrogens (tertiary/aromatic N) is 1. The molecule has 1 fully saturated rings. The number of alkyl halides is 1. The topological polar surface area (TPSA) is 3.24 Å². The third kappa shape index (κ3) is 4.31. The molecule has 0 amide bonds. The van der Waals surface area contributed by atoms with E-state index < -0.39 is 0 Å². The fourth-order valence-corrected chi connectivity index (χ4v) is 2.61. The van der Waals surface area contributed by atoms with Gasteiger partial charge in [-0.2, -0.15) is 0 Å². The molecule has 84 valence electrons. The summed E-state index contributed by atoms with van der Waals surface area (Å²) in [5.74, 6) is 1.84. The van der Waals surface area contributed by atoms with Crippen LogP contribution in [0.5, 0.6) is 0 Å². The predicted octanol–water partition coefficient (Wildman–Crippen LogP) is 3.53. The molecule has 1 aliphatic heterocycles. The number of hydrogen-bond donors (Lipinski definition) is 0. The van der Waals surface area contributed by atoms with Gasteiger partial charge in [0.05, 0.1) is 0 Å². The average Bonchev–Trinajstić information content (AvgIpc) is 2.61. The highest BCUT2D eigenvalue weighted by Gasteiger charge is 2.23. The smallest absolute Gasteiger partial charge is 0.00313 e. The van der Waals surface area contributed by atoms with Crippen molar-refractivity contribution in [3.05, 3.63) is 0 Å². The number of rotatable bonds is 6. The van der Waals surface area contributed by atoms with Gasteiger partial charge in [0.1, 0.15) is 0 Å². The van der Waals surface area contributed by atoms with Crippen molar-refractivity contribution < 1.29 is 0 Å². The zero-order chi connectivity index (χ0) is 10.4. The minimum Gasteiger partial charge on any atom is -0.303 e. The molecule has 0 radical (unpaired) electrons. The lowest BCUT2D eigenvalue weighted by Gasteiger charge is -2.17. The van der Waals surface area contributed by atoms with Gasteiger partial charge in [0, 0.05) is 11.9 Å². The van der Waals surface area contributed by atoms with E-state index in [1.807, 2.05) is 0 Å². The highest BCUT2D eigenvalue weighted by atomic mass is 79.9. The second-order valence-corrected chi connectivity index (χ2v) is 5.64. The lowest BCUT2D eigenvalue weighted by molar-refractivity contribution is 0.297. The first-order valence-electron chi connectivity index (χ1n) is 6.02. The van der Waals surface area contributed by atoms with Gasteiger partial charge in [-0.1, -0.05) is 36.2 Å². The van der Waals surface area contributed by atoms with Crippen LogP contribution in [0.1, 0.15) is 39.5 Å². The zero-order valence-corrected chi connectivity index (χ0v) is 11.2. The second-order valence-electron chi connectivity index (χ2n) is 4.84. The fourth-order valence-electron chi connectivity index (χ4n) is 2.22. The Hall–Kier alpha value is 0.440. The predicted molar refractivity (Wildman–Crippen MR) is 67.0 cm³/mol. The van der Waals surface area contributed by atoms with Crippen molar-refractivity contribution in [3.63, 3.8) is 0 Å². The van der Waals surface area contributed by atoms with Crippen molar-refractivity contribution in [2.24, 2.45) is 11.8 Å². The summed E-state index contributed by atoms with van der Waals surface area (Å²) in [6.45, 7) is 8.75. The van der Waals surface area contributed by atoms with Crippen LogP contribution in [-0.2, 0) is 0 Å². The third-order valence-electron chi connectivity index (χ3n) is 3.36. The Kier molecular flexibility index (Phi) is 6.11. The minimum absolute atomic E-state index is 0.877. The van der Waals surface area contributed by atoms with Crippen LogP contribution in [-0.4, -0.2) is 29.9 Å². The molecule has 0 aromatic rings. The Balaban J connectivity index is 2.04. The molecule has 1 heterocycles. The summed E-state index contributed by atoms with van der Waals surface area (Å²) in [7, 11) is 0. The Morgan fingerprint density at radius 3 is 2.64 bits per heavy atom. The molecule has 1 nitrogen and oxygen atoms in total. The summed E-state index contributed by atoms with van der Waals surface area (Å²) in [6, 6.07) is 0. The Labute approximate surface area is 97.4 Å². The van der Waals surface area contributed by atoms with Crippen molar-refractivity contribution in [2.75, 3.05) is 25.0 Å². The normalized spacial score (nSPS) is 23.6. The average molecular weight is 262 g/mol. The van der Waals surface area contributed by atoms with Crippen molar-refractivity contribution in [1.82, 2.24) is 4.90 Å². The molecule has 0 spiro atoms. The SMILES string of the molecule is CC(C)C1CCN(CCCCCBr)C1. The largest absolute Gasteiger partial charge is 0.303 e. The van der Waals surface area contributed by atoms with Gasteiger partial charge < -0.3 is 4.90 Å².